The molecule has 0 saturated heterocycles. The summed E-state index contributed by atoms with van der Waals surface area (Å²) in [7, 11) is 0. The summed E-state index contributed by atoms with van der Waals surface area (Å²) in [5, 5.41) is 0. The van der Waals surface area contributed by atoms with Crippen molar-refractivity contribution in [1.82, 2.24) is 0 Å². The van der Waals surface area contributed by atoms with E-state index in [4.69, 9.17) is 0 Å². The summed E-state index contributed by atoms with van der Waals surface area (Å²) < 4.78 is 132. The van der Waals surface area contributed by atoms with Crippen molar-refractivity contribution in [2.24, 2.45) is 0 Å². The highest BCUT2D eigenvalue weighted by atomic mass is 19.3. The Labute approximate surface area is 234 Å². The van der Waals surface area contributed by atoms with E-state index >= 15 is 0 Å². The molecule has 0 fully saturated rings. The van der Waals surface area contributed by atoms with Crippen molar-refractivity contribution in [2.45, 2.75) is 25.9 Å². The molecule has 0 bridgehead atoms. The van der Waals surface area contributed by atoms with Crippen molar-refractivity contribution in [3.8, 4) is 28.7 Å². The van der Waals surface area contributed by atoms with Gasteiger partial charge in [-0.3, -0.25) is 0 Å². The number of rotatable bonds is 7. The van der Waals surface area contributed by atoms with Gasteiger partial charge in [-0.25, -0.2) is 30.7 Å². The van der Waals surface area contributed by atoms with Crippen LogP contribution in [0.5, 0.6) is 5.75 Å². The van der Waals surface area contributed by atoms with E-state index < -0.39 is 63.7 Å². The molecule has 216 valence electrons. The van der Waals surface area contributed by atoms with E-state index in [0.717, 1.165) is 24.3 Å². The first-order valence-corrected chi connectivity index (χ1v) is 12.3. The molecule has 0 amide bonds. The Balaban J connectivity index is 1.54. The van der Waals surface area contributed by atoms with Crippen LogP contribution < -0.4 is 4.74 Å². The molecule has 0 radical (unpaired) electrons. The highest BCUT2D eigenvalue weighted by Gasteiger charge is 2.38. The second-order valence-electron chi connectivity index (χ2n) is 9.00. The molecule has 0 aliphatic carbocycles. The van der Waals surface area contributed by atoms with Gasteiger partial charge in [-0.15, -0.1) is 0 Å². The van der Waals surface area contributed by atoms with Crippen LogP contribution in [0.15, 0.2) is 72.8 Å². The molecule has 0 unspecified atom stereocenters. The first-order chi connectivity index (χ1) is 19.9. The Morgan fingerprint density at radius 3 is 1.98 bits per heavy atom. The van der Waals surface area contributed by atoms with Crippen molar-refractivity contribution in [2.75, 3.05) is 0 Å². The van der Waals surface area contributed by atoms with Crippen LogP contribution in [-0.2, 0) is 12.5 Å². The summed E-state index contributed by atoms with van der Waals surface area (Å²) >= 11 is 0. The van der Waals surface area contributed by atoms with Crippen molar-refractivity contribution in [3.05, 3.63) is 136 Å². The number of halogens is 9. The van der Waals surface area contributed by atoms with E-state index in [0.29, 0.717) is 42.7 Å². The average molecular weight is 590 g/mol. The van der Waals surface area contributed by atoms with Gasteiger partial charge in [0.05, 0.1) is 11.1 Å². The Morgan fingerprint density at radius 1 is 0.714 bits per heavy atom. The molecule has 4 rings (SSSR count). The van der Waals surface area contributed by atoms with Crippen LogP contribution in [0.25, 0.3) is 11.1 Å². The number of hydrogen-bond donors (Lipinski definition) is 0. The van der Waals surface area contributed by atoms with Gasteiger partial charge in [-0.05, 0) is 67.3 Å². The molecule has 0 aliphatic heterocycles. The lowest BCUT2D eigenvalue weighted by Crippen LogP contribution is -2.23. The molecule has 0 aliphatic rings. The lowest BCUT2D eigenvalue weighted by Gasteiger charge is -2.19. The van der Waals surface area contributed by atoms with Crippen LogP contribution in [0.1, 0.15) is 35.6 Å². The zero-order valence-corrected chi connectivity index (χ0v) is 21.7. The lowest BCUT2D eigenvalue weighted by molar-refractivity contribution is -0.187. The van der Waals surface area contributed by atoms with Gasteiger partial charge in [-0.1, -0.05) is 36.1 Å². The van der Waals surface area contributed by atoms with Crippen LogP contribution in [0.4, 0.5) is 39.5 Å². The highest BCUT2D eigenvalue weighted by Crippen LogP contribution is 2.35. The van der Waals surface area contributed by atoms with Gasteiger partial charge in [0.1, 0.15) is 29.0 Å². The summed E-state index contributed by atoms with van der Waals surface area (Å²) in [4.78, 5) is 0. The van der Waals surface area contributed by atoms with Gasteiger partial charge >= 0.3 is 6.11 Å². The van der Waals surface area contributed by atoms with E-state index in [-0.39, 0.29) is 16.7 Å². The Bertz CT molecular complexity index is 1690. The van der Waals surface area contributed by atoms with Crippen molar-refractivity contribution in [1.29, 1.82) is 0 Å². The maximum Gasteiger partial charge on any atom is 0.429 e. The third kappa shape index (κ3) is 6.79. The molecular weight excluding hydrogens is 571 g/mol. The quantitative estimate of drug-likeness (QED) is 0.0902. The first kappa shape index (κ1) is 30.3. The number of alkyl halides is 2. The third-order valence-corrected chi connectivity index (χ3v) is 6.04. The van der Waals surface area contributed by atoms with E-state index in [9.17, 15) is 39.5 Å². The van der Waals surface area contributed by atoms with Crippen molar-refractivity contribution in [3.63, 3.8) is 0 Å². The van der Waals surface area contributed by atoms with Crippen molar-refractivity contribution >= 4 is 0 Å². The Kier molecular flexibility index (Phi) is 9.00. The van der Waals surface area contributed by atoms with Crippen LogP contribution in [-0.4, -0.2) is 0 Å². The minimum atomic E-state index is -4.27. The summed E-state index contributed by atoms with van der Waals surface area (Å²) in [6.07, 6.45) is 0.349. The minimum absolute atomic E-state index is 0.102. The molecular formula is C32H19F9O. The van der Waals surface area contributed by atoms with Gasteiger partial charge in [-0.2, -0.15) is 8.78 Å². The molecule has 42 heavy (non-hydrogen) atoms. The Morgan fingerprint density at radius 2 is 1.38 bits per heavy atom. The molecule has 0 spiro atoms. The fourth-order valence-corrected chi connectivity index (χ4v) is 3.97. The fourth-order valence-electron chi connectivity index (χ4n) is 3.97. The number of aryl methyl sites for hydroxylation is 1. The monoisotopic (exact) mass is 590 g/mol. The third-order valence-electron chi connectivity index (χ3n) is 6.04. The van der Waals surface area contributed by atoms with Crippen LogP contribution in [0.3, 0.4) is 0 Å². The molecule has 0 aromatic heterocycles. The predicted molar refractivity (Wildman–Crippen MR) is 138 cm³/mol. The number of allylic oxidation sites excluding steroid dienone is 2. The molecule has 0 heterocycles. The van der Waals surface area contributed by atoms with E-state index in [1.807, 2.05) is 6.08 Å². The molecule has 0 atom stereocenters. The summed E-state index contributed by atoms with van der Waals surface area (Å²) in [6.45, 7) is 1.81. The topological polar surface area (TPSA) is 9.23 Å². The zero-order valence-electron chi connectivity index (χ0n) is 21.7. The molecule has 10 heteroatoms. The summed E-state index contributed by atoms with van der Waals surface area (Å²) in [6, 6.07) is 8.19. The Hall–Kier alpha value is -4.65. The fraction of sp³-hybridized carbons (Fsp3) is 0.125. The van der Waals surface area contributed by atoms with E-state index in [2.05, 4.69) is 16.6 Å². The average Bonchev–Trinajstić information content (AvgIpc) is 2.91. The molecule has 1 nitrogen and oxygen atoms in total. The van der Waals surface area contributed by atoms with Crippen molar-refractivity contribution < 1.29 is 44.3 Å². The second-order valence-corrected chi connectivity index (χ2v) is 9.00. The minimum Gasteiger partial charge on any atom is -0.429 e. The molecule has 0 saturated carbocycles. The van der Waals surface area contributed by atoms with Gasteiger partial charge in [0, 0.05) is 23.3 Å². The SMILES string of the molecule is C/C=C/CCc1ccc(C(F)(F)Oc2cc(F)c(C#Cc3ccc(-c4cc(F)c(F)c(F)c4)c(F)c3)c(F)c2)c(F)c1. The van der Waals surface area contributed by atoms with Crippen LogP contribution in [0.2, 0.25) is 0 Å². The molecule has 4 aromatic rings. The number of hydrogen-bond acceptors (Lipinski definition) is 1. The predicted octanol–water partition coefficient (Wildman–Crippen LogP) is 9.36. The highest BCUT2D eigenvalue weighted by molar-refractivity contribution is 5.65. The van der Waals surface area contributed by atoms with E-state index in [1.165, 1.54) is 12.1 Å². The number of ether oxygens (including phenoxy) is 1. The maximum absolute atomic E-state index is 14.7. The van der Waals surface area contributed by atoms with Gasteiger partial charge in [0.2, 0.25) is 0 Å². The number of benzene rings is 4. The first-order valence-electron chi connectivity index (χ1n) is 12.3. The normalized spacial score (nSPS) is 11.5. The standard InChI is InChI=1S/C32H19F9O/c1-2-3-4-5-18-8-11-24(28(36)13-18)32(40,41)42-21-16-26(34)23(27(35)17-21)10-7-19-6-9-22(25(33)12-19)20-14-29(37)31(39)30(38)15-20/h2-3,6,8-9,11-17H,4-5H2,1H3/b3-2+. The van der Waals surface area contributed by atoms with Gasteiger partial charge in [0.25, 0.3) is 0 Å². The van der Waals surface area contributed by atoms with Gasteiger partial charge in [0.15, 0.2) is 17.5 Å². The second kappa shape index (κ2) is 12.5. The van der Waals surface area contributed by atoms with Gasteiger partial charge < -0.3 is 4.74 Å². The van der Waals surface area contributed by atoms with Crippen LogP contribution in [0, 0.1) is 52.6 Å². The lowest BCUT2D eigenvalue weighted by atomic mass is 10.0. The molecule has 0 N–H and O–H groups in total. The van der Waals surface area contributed by atoms with Crippen LogP contribution >= 0.6 is 0 Å². The summed E-state index contributed by atoms with van der Waals surface area (Å²) in [5.74, 6) is -6.33. The summed E-state index contributed by atoms with van der Waals surface area (Å²) in [5.41, 5.74) is -2.20. The zero-order chi connectivity index (χ0) is 30.6. The largest absolute Gasteiger partial charge is 0.429 e. The maximum atomic E-state index is 14.7. The smallest absolute Gasteiger partial charge is 0.429 e. The molecule has 4 aromatic carbocycles. The van der Waals surface area contributed by atoms with E-state index in [1.54, 1.807) is 13.0 Å².